The summed E-state index contributed by atoms with van der Waals surface area (Å²) in [5.74, 6) is 0.676. The summed E-state index contributed by atoms with van der Waals surface area (Å²) in [4.78, 5) is 0. The van der Waals surface area contributed by atoms with Crippen LogP contribution in [0, 0.1) is 5.92 Å². The molecule has 0 radical (unpaired) electrons. The van der Waals surface area contributed by atoms with Gasteiger partial charge in [-0.25, -0.2) is 0 Å². The van der Waals surface area contributed by atoms with Crippen LogP contribution in [0.5, 0.6) is 0 Å². The first-order valence-corrected chi connectivity index (χ1v) is 8.11. The van der Waals surface area contributed by atoms with Crippen molar-refractivity contribution in [1.29, 1.82) is 0 Å². The SMILES string of the molecule is CCC(CC)(CCCCC=CC(C)C)OC(C)(C)C. The van der Waals surface area contributed by atoms with E-state index in [4.69, 9.17) is 4.74 Å². The quantitative estimate of drug-likeness (QED) is 0.361. The van der Waals surface area contributed by atoms with Crippen molar-refractivity contribution in [3.05, 3.63) is 12.2 Å². The van der Waals surface area contributed by atoms with Crippen LogP contribution in [0.15, 0.2) is 12.2 Å². The number of unbranched alkanes of at least 4 members (excludes halogenated alkanes) is 2. The van der Waals surface area contributed by atoms with E-state index in [2.05, 4.69) is 60.6 Å². The molecule has 0 N–H and O–H groups in total. The summed E-state index contributed by atoms with van der Waals surface area (Å²) in [6, 6.07) is 0. The van der Waals surface area contributed by atoms with Crippen LogP contribution in [-0.2, 0) is 4.74 Å². The first kappa shape index (κ1) is 18.7. The second-order valence-electron chi connectivity index (χ2n) is 7.02. The minimum absolute atomic E-state index is 0.0381. The Labute approximate surface area is 121 Å². The molecule has 114 valence electrons. The fraction of sp³-hybridized carbons (Fsp3) is 0.889. The van der Waals surface area contributed by atoms with Gasteiger partial charge in [0.25, 0.3) is 0 Å². The minimum atomic E-state index is -0.0381. The van der Waals surface area contributed by atoms with E-state index in [9.17, 15) is 0 Å². The van der Waals surface area contributed by atoms with E-state index in [-0.39, 0.29) is 11.2 Å². The minimum Gasteiger partial charge on any atom is -0.369 e. The Morgan fingerprint density at radius 3 is 2.00 bits per heavy atom. The van der Waals surface area contributed by atoms with Crippen LogP contribution in [-0.4, -0.2) is 11.2 Å². The van der Waals surface area contributed by atoms with Crippen LogP contribution < -0.4 is 0 Å². The highest BCUT2D eigenvalue weighted by Gasteiger charge is 2.31. The first-order chi connectivity index (χ1) is 8.74. The summed E-state index contributed by atoms with van der Waals surface area (Å²) in [6.45, 7) is 15.5. The summed E-state index contributed by atoms with van der Waals surface area (Å²) < 4.78 is 6.35. The number of hydrogen-bond acceptors (Lipinski definition) is 1. The van der Waals surface area contributed by atoms with Crippen LogP contribution in [0.1, 0.15) is 87.0 Å². The fourth-order valence-corrected chi connectivity index (χ4v) is 2.53. The van der Waals surface area contributed by atoms with Gasteiger partial charge in [0.15, 0.2) is 0 Å². The van der Waals surface area contributed by atoms with E-state index in [1.165, 1.54) is 25.7 Å². The molecule has 0 saturated heterocycles. The maximum Gasteiger partial charge on any atom is 0.0684 e. The molecule has 1 heteroatoms. The van der Waals surface area contributed by atoms with Gasteiger partial charge in [-0.05, 0) is 58.8 Å². The molecule has 0 fully saturated rings. The van der Waals surface area contributed by atoms with Crippen LogP contribution in [0.3, 0.4) is 0 Å². The molecule has 0 aliphatic carbocycles. The Morgan fingerprint density at radius 1 is 1.00 bits per heavy atom. The Bertz CT molecular complexity index is 241. The average molecular weight is 268 g/mol. The van der Waals surface area contributed by atoms with Crippen molar-refractivity contribution in [3.63, 3.8) is 0 Å². The van der Waals surface area contributed by atoms with Gasteiger partial charge in [-0.15, -0.1) is 0 Å². The average Bonchev–Trinajstić information content (AvgIpc) is 2.30. The Kier molecular flexibility index (Phi) is 8.65. The highest BCUT2D eigenvalue weighted by molar-refractivity contribution is 4.85. The van der Waals surface area contributed by atoms with Crippen LogP contribution in [0.25, 0.3) is 0 Å². The van der Waals surface area contributed by atoms with Crippen molar-refractivity contribution in [2.45, 2.75) is 98.2 Å². The van der Waals surface area contributed by atoms with Gasteiger partial charge in [0, 0.05) is 0 Å². The lowest BCUT2D eigenvalue weighted by Crippen LogP contribution is -2.39. The molecule has 0 amide bonds. The van der Waals surface area contributed by atoms with E-state index < -0.39 is 0 Å². The van der Waals surface area contributed by atoms with Gasteiger partial charge in [-0.1, -0.05) is 46.3 Å². The largest absolute Gasteiger partial charge is 0.369 e. The summed E-state index contributed by atoms with van der Waals surface area (Å²) in [5, 5.41) is 0. The predicted molar refractivity (Wildman–Crippen MR) is 86.6 cm³/mol. The van der Waals surface area contributed by atoms with Gasteiger partial charge in [-0.2, -0.15) is 0 Å². The van der Waals surface area contributed by atoms with Crippen LogP contribution in [0.4, 0.5) is 0 Å². The molecule has 19 heavy (non-hydrogen) atoms. The van der Waals surface area contributed by atoms with Gasteiger partial charge in [0.05, 0.1) is 11.2 Å². The maximum absolute atomic E-state index is 6.35. The number of allylic oxidation sites excluding steroid dienone is 2. The van der Waals surface area contributed by atoms with E-state index in [1.807, 2.05) is 0 Å². The summed E-state index contributed by atoms with van der Waals surface area (Å²) >= 11 is 0. The van der Waals surface area contributed by atoms with E-state index in [0.29, 0.717) is 5.92 Å². The zero-order chi connectivity index (χ0) is 14.9. The summed E-state index contributed by atoms with van der Waals surface area (Å²) in [5.41, 5.74) is 0.0452. The lowest BCUT2D eigenvalue weighted by Gasteiger charge is -2.38. The van der Waals surface area contributed by atoms with Gasteiger partial charge in [0.1, 0.15) is 0 Å². The van der Waals surface area contributed by atoms with E-state index in [1.54, 1.807) is 0 Å². The molecule has 1 nitrogen and oxygen atoms in total. The molecular weight excluding hydrogens is 232 g/mol. The molecule has 0 atom stereocenters. The molecule has 0 saturated carbocycles. The van der Waals surface area contributed by atoms with Crippen molar-refractivity contribution in [2.75, 3.05) is 0 Å². The first-order valence-electron chi connectivity index (χ1n) is 8.11. The van der Waals surface area contributed by atoms with Crippen molar-refractivity contribution in [3.8, 4) is 0 Å². The molecule has 0 aromatic heterocycles. The monoisotopic (exact) mass is 268 g/mol. The third kappa shape index (κ3) is 9.27. The second kappa shape index (κ2) is 8.79. The molecule has 0 unspecified atom stereocenters. The molecular formula is C18H36O. The molecule has 0 rings (SSSR count). The normalized spacial score (nSPS) is 13.7. The van der Waals surface area contributed by atoms with E-state index in [0.717, 1.165) is 12.8 Å². The van der Waals surface area contributed by atoms with Gasteiger partial charge in [-0.3, -0.25) is 0 Å². The Morgan fingerprint density at radius 2 is 1.58 bits per heavy atom. The molecule has 0 aliphatic heterocycles. The Hall–Kier alpha value is -0.300. The molecule has 0 aromatic carbocycles. The lowest BCUT2D eigenvalue weighted by atomic mass is 9.89. The highest BCUT2D eigenvalue weighted by Crippen LogP contribution is 2.32. The summed E-state index contributed by atoms with van der Waals surface area (Å²) in [7, 11) is 0. The van der Waals surface area contributed by atoms with Crippen molar-refractivity contribution in [2.24, 2.45) is 5.92 Å². The highest BCUT2D eigenvalue weighted by atomic mass is 16.5. The third-order valence-corrected chi connectivity index (χ3v) is 3.59. The number of hydrogen-bond donors (Lipinski definition) is 0. The number of rotatable bonds is 9. The standard InChI is InChI=1S/C18H36O/c1-8-18(9-2,19-17(5,6)7)15-13-11-10-12-14-16(3)4/h12,14,16H,8-11,13,15H2,1-7H3. The van der Waals surface area contributed by atoms with Gasteiger partial charge >= 0.3 is 0 Å². The smallest absolute Gasteiger partial charge is 0.0684 e. The van der Waals surface area contributed by atoms with Crippen LogP contribution in [0.2, 0.25) is 0 Å². The molecule has 0 heterocycles. The number of ether oxygens (including phenoxy) is 1. The lowest BCUT2D eigenvalue weighted by molar-refractivity contribution is -0.140. The van der Waals surface area contributed by atoms with Crippen molar-refractivity contribution < 1.29 is 4.74 Å². The van der Waals surface area contributed by atoms with Gasteiger partial charge in [0.2, 0.25) is 0 Å². The molecule has 0 spiro atoms. The van der Waals surface area contributed by atoms with Crippen molar-refractivity contribution >= 4 is 0 Å². The van der Waals surface area contributed by atoms with Crippen molar-refractivity contribution in [1.82, 2.24) is 0 Å². The summed E-state index contributed by atoms with van der Waals surface area (Å²) in [6.07, 6.45) is 11.8. The van der Waals surface area contributed by atoms with Crippen LogP contribution >= 0.6 is 0 Å². The fourth-order valence-electron chi connectivity index (χ4n) is 2.53. The maximum atomic E-state index is 6.35. The zero-order valence-electron chi connectivity index (χ0n) is 14.4. The second-order valence-corrected chi connectivity index (χ2v) is 7.02. The molecule has 0 aliphatic rings. The van der Waals surface area contributed by atoms with E-state index >= 15 is 0 Å². The van der Waals surface area contributed by atoms with Gasteiger partial charge < -0.3 is 4.74 Å². The zero-order valence-corrected chi connectivity index (χ0v) is 14.4. The predicted octanol–water partition coefficient (Wildman–Crippen LogP) is 6.13. The Balaban J connectivity index is 4.15. The molecule has 0 bridgehead atoms. The molecule has 0 aromatic rings. The third-order valence-electron chi connectivity index (χ3n) is 3.59. The topological polar surface area (TPSA) is 9.23 Å².